The summed E-state index contributed by atoms with van der Waals surface area (Å²) in [6.07, 6.45) is -3.30. The molecule has 1 rings (SSSR count). The first-order valence-corrected chi connectivity index (χ1v) is 4.05. The van der Waals surface area contributed by atoms with Crippen LogP contribution in [0.3, 0.4) is 0 Å². The normalized spacial score (nSPS) is 11.2. The summed E-state index contributed by atoms with van der Waals surface area (Å²) in [4.78, 5) is 17.3. The summed E-state index contributed by atoms with van der Waals surface area (Å²) in [5.74, 6) is -1.97. The van der Waals surface area contributed by atoms with Crippen LogP contribution in [0, 0.1) is 6.92 Å². The second-order valence-corrected chi connectivity index (χ2v) is 2.82. The van der Waals surface area contributed by atoms with Gasteiger partial charge in [-0.15, -0.1) is 0 Å². The lowest BCUT2D eigenvalue weighted by molar-refractivity contribution is -0.188. The lowest BCUT2D eigenvalue weighted by atomic mass is 10.3. The second-order valence-electron chi connectivity index (χ2n) is 2.82. The van der Waals surface area contributed by atoms with Crippen LogP contribution in [0.15, 0.2) is 6.20 Å². The van der Waals surface area contributed by atoms with E-state index in [4.69, 9.17) is 5.11 Å². The van der Waals surface area contributed by atoms with Crippen LogP contribution >= 0.6 is 0 Å². The zero-order valence-corrected chi connectivity index (χ0v) is 8.08. The Morgan fingerprint density at radius 2 is 2.25 bits per heavy atom. The first kappa shape index (κ1) is 12.2. The highest BCUT2D eigenvalue weighted by molar-refractivity contribution is 5.86. The minimum Gasteiger partial charge on any atom is -0.476 e. The van der Waals surface area contributed by atoms with Crippen molar-refractivity contribution in [3.63, 3.8) is 0 Å². The van der Waals surface area contributed by atoms with Crippen LogP contribution < -0.4 is 4.74 Å². The van der Waals surface area contributed by atoms with Gasteiger partial charge in [0.05, 0.1) is 11.9 Å². The lowest BCUT2D eigenvalue weighted by Gasteiger charge is -2.13. The molecule has 0 radical (unpaired) electrons. The maximum absolute atomic E-state index is 12.4. The van der Waals surface area contributed by atoms with E-state index in [0.717, 1.165) is 0 Å². The standard InChI is InChI=1S/C8H7F3N2O3/c1-4-6(7(14)15)12-2-5(13-4)16-8(10,11)3-9/h2H,3H2,1H3,(H,14,15). The molecule has 1 heterocycles. The number of hydrogen-bond acceptors (Lipinski definition) is 4. The quantitative estimate of drug-likeness (QED) is 0.855. The third kappa shape index (κ3) is 2.81. The van der Waals surface area contributed by atoms with Gasteiger partial charge in [-0.05, 0) is 6.92 Å². The number of carboxylic acid groups (broad SMARTS) is 1. The van der Waals surface area contributed by atoms with Crippen LogP contribution in [-0.4, -0.2) is 33.8 Å². The van der Waals surface area contributed by atoms with Crippen LogP contribution in [0.2, 0.25) is 0 Å². The molecule has 0 saturated heterocycles. The minimum absolute atomic E-state index is 0.0975. The molecule has 88 valence electrons. The maximum atomic E-state index is 12.4. The molecule has 5 nitrogen and oxygen atoms in total. The van der Waals surface area contributed by atoms with E-state index >= 15 is 0 Å². The van der Waals surface area contributed by atoms with Crippen LogP contribution in [0.25, 0.3) is 0 Å². The van der Waals surface area contributed by atoms with E-state index in [1.54, 1.807) is 0 Å². The van der Waals surface area contributed by atoms with Crippen molar-refractivity contribution in [2.75, 3.05) is 6.67 Å². The Labute approximate surface area is 87.9 Å². The third-order valence-electron chi connectivity index (χ3n) is 1.54. The SMILES string of the molecule is Cc1nc(OC(F)(F)CF)cnc1C(=O)O. The van der Waals surface area contributed by atoms with Crippen LogP contribution in [0.4, 0.5) is 13.2 Å². The molecule has 0 unspecified atom stereocenters. The molecule has 0 atom stereocenters. The van der Waals surface area contributed by atoms with E-state index in [2.05, 4.69) is 14.7 Å². The summed E-state index contributed by atoms with van der Waals surface area (Å²) < 4.78 is 40.5. The average Bonchev–Trinajstić information content (AvgIpc) is 2.16. The molecule has 0 saturated carbocycles. The van der Waals surface area contributed by atoms with Crippen molar-refractivity contribution in [1.29, 1.82) is 0 Å². The molecule has 1 aromatic rings. The molecule has 0 aliphatic heterocycles. The number of rotatable bonds is 4. The monoisotopic (exact) mass is 236 g/mol. The summed E-state index contributed by atoms with van der Waals surface area (Å²) >= 11 is 0. The van der Waals surface area contributed by atoms with E-state index in [1.807, 2.05) is 0 Å². The molecular formula is C8H7F3N2O3. The molecule has 0 amide bonds. The topological polar surface area (TPSA) is 72.3 Å². The second kappa shape index (κ2) is 4.33. The van der Waals surface area contributed by atoms with Crippen molar-refractivity contribution in [3.05, 3.63) is 17.6 Å². The summed E-state index contributed by atoms with van der Waals surface area (Å²) in [5.41, 5.74) is -0.476. The van der Waals surface area contributed by atoms with Gasteiger partial charge in [-0.3, -0.25) is 0 Å². The minimum atomic E-state index is -3.99. The highest BCUT2D eigenvalue weighted by Crippen LogP contribution is 2.20. The number of hydrogen-bond donors (Lipinski definition) is 1. The van der Waals surface area contributed by atoms with Crippen molar-refractivity contribution in [2.24, 2.45) is 0 Å². The average molecular weight is 236 g/mol. The third-order valence-corrected chi connectivity index (χ3v) is 1.54. The number of aromatic nitrogens is 2. The van der Waals surface area contributed by atoms with Gasteiger partial charge >= 0.3 is 12.1 Å². The van der Waals surface area contributed by atoms with Crippen molar-refractivity contribution in [3.8, 4) is 5.88 Å². The van der Waals surface area contributed by atoms with E-state index < -0.39 is 24.6 Å². The Morgan fingerprint density at radius 1 is 1.62 bits per heavy atom. The van der Waals surface area contributed by atoms with Crippen molar-refractivity contribution in [2.45, 2.75) is 13.0 Å². The van der Waals surface area contributed by atoms with Gasteiger partial charge in [-0.2, -0.15) is 8.78 Å². The zero-order valence-electron chi connectivity index (χ0n) is 8.08. The van der Waals surface area contributed by atoms with Gasteiger partial charge in [0, 0.05) is 0 Å². The van der Waals surface area contributed by atoms with Crippen molar-refractivity contribution < 1.29 is 27.8 Å². The van der Waals surface area contributed by atoms with Crippen LogP contribution in [0.5, 0.6) is 5.88 Å². The van der Waals surface area contributed by atoms with E-state index in [9.17, 15) is 18.0 Å². The number of halogens is 3. The number of aromatic carboxylic acids is 1. The molecule has 0 spiro atoms. The highest BCUT2D eigenvalue weighted by Gasteiger charge is 2.32. The molecule has 8 heteroatoms. The molecule has 0 aromatic carbocycles. The molecule has 1 N–H and O–H groups in total. The van der Waals surface area contributed by atoms with Gasteiger partial charge in [0.15, 0.2) is 12.4 Å². The van der Waals surface area contributed by atoms with Crippen molar-refractivity contribution in [1.82, 2.24) is 9.97 Å². The Kier molecular flexibility index (Phi) is 3.31. The van der Waals surface area contributed by atoms with Gasteiger partial charge in [0.25, 0.3) is 0 Å². The summed E-state index contributed by atoms with van der Waals surface area (Å²) in [5, 5.41) is 8.58. The number of alkyl halides is 3. The fraction of sp³-hybridized carbons (Fsp3) is 0.375. The number of nitrogens with zero attached hydrogens (tertiary/aromatic N) is 2. The molecule has 0 bridgehead atoms. The molecular weight excluding hydrogens is 229 g/mol. The van der Waals surface area contributed by atoms with Crippen LogP contribution in [0.1, 0.15) is 16.2 Å². The highest BCUT2D eigenvalue weighted by atomic mass is 19.3. The number of carbonyl (C=O) groups is 1. The lowest BCUT2D eigenvalue weighted by Crippen LogP contribution is -2.27. The van der Waals surface area contributed by atoms with E-state index in [1.165, 1.54) is 6.92 Å². The summed E-state index contributed by atoms with van der Waals surface area (Å²) in [7, 11) is 0. The Morgan fingerprint density at radius 3 is 2.69 bits per heavy atom. The molecule has 0 aliphatic carbocycles. The maximum Gasteiger partial charge on any atom is 0.428 e. The molecule has 16 heavy (non-hydrogen) atoms. The molecule has 1 aromatic heterocycles. The molecule has 0 aliphatic rings. The van der Waals surface area contributed by atoms with Crippen LogP contribution in [-0.2, 0) is 0 Å². The largest absolute Gasteiger partial charge is 0.476 e. The van der Waals surface area contributed by atoms with Gasteiger partial charge in [0.2, 0.25) is 5.88 Å². The fourth-order valence-electron chi connectivity index (χ4n) is 0.900. The Bertz CT molecular complexity index is 412. The Balaban J connectivity index is 2.94. The first-order valence-electron chi connectivity index (χ1n) is 4.05. The predicted octanol–water partition coefficient (Wildman–Crippen LogP) is 1.42. The predicted molar refractivity (Wildman–Crippen MR) is 45.3 cm³/mol. The van der Waals surface area contributed by atoms with Crippen molar-refractivity contribution >= 4 is 5.97 Å². The number of aryl methyl sites for hydroxylation is 1. The Hall–Kier alpha value is -1.86. The van der Waals surface area contributed by atoms with Gasteiger partial charge in [-0.1, -0.05) is 0 Å². The van der Waals surface area contributed by atoms with E-state index in [0.29, 0.717) is 6.20 Å². The first-order chi connectivity index (χ1) is 7.35. The molecule has 0 fully saturated rings. The van der Waals surface area contributed by atoms with Gasteiger partial charge < -0.3 is 9.84 Å². The number of ether oxygens (including phenoxy) is 1. The van der Waals surface area contributed by atoms with Gasteiger partial charge in [-0.25, -0.2) is 19.2 Å². The summed E-state index contributed by atoms with van der Waals surface area (Å²) in [6, 6.07) is 0. The van der Waals surface area contributed by atoms with Gasteiger partial charge in [0.1, 0.15) is 0 Å². The zero-order chi connectivity index (χ0) is 12.3. The number of carboxylic acids is 1. The fourth-order valence-corrected chi connectivity index (χ4v) is 0.900. The smallest absolute Gasteiger partial charge is 0.428 e. The van der Waals surface area contributed by atoms with E-state index in [-0.39, 0.29) is 11.4 Å². The summed E-state index contributed by atoms with van der Waals surface area (Å²) in [6.45, 7) is -0.745.